The molecule has 1 aliphatic carbocycles. The Bertz CT molecular complexity index is 541. The maximum atomic E-state index is 11.8. The fraction of sp³-hybridized carbons (Fsp3) is 0.286. The number of nitrogens with zero attached hydrogens (tertiary/aromatic N) is 1. The van der Waals surface area contributed by atoms with Crippen LogP contribution in [0.4, 0.5) is 0 Å². The Hall–Kier alpha value is -1.61. The maximum Gasteiger partial charge on any atom is 0.275 e. The fourth-order valence-corrected chi connectivity index (χ4v) is 2.20. The molecule has 0 bridgehead atoms. The van der Waals surface area contributed by atoms with Crippen LogP contribution in [0.2, 0.25) is 5.02 Å². The molecule has 1 aromatic rings. The first-order chi connectivity index (χ1) is 8.72. The summed E-state index contributed by atoms with van der Waals surface area (Å²) in [4.78, 5) is 16.2. The lowest BCUT2D eigenvalue weighted by molar-refractivity contribution is -0.115. The molecule has 0 radical (unpaired) electrons. The summed E-state index contributed by atoms with van der Waals surface area (Å²) in [6, 6.07) is 7.35. The molecule has 0 spiro atoms. The van der Waals surface area contributed by atoms with Gasteiger partial charge in [-0.2, -0.15) is 0 Å². The Morgan fingerprint density at radius 3 is 2.61 bits per heavy atom. The minimum atomic E-state index is -0.105. The van der Waals surface area contributed by atoms with Crippen molar-refractivity contribution in [3.63, 3.8) is 0 Å². The number of amides is 1. The molecule has 3 nitrogen and oxygen atoms in total. The number of hydrogen-bond donors (Lipinski definition) is 1. The van der Waals surface area contributed by atoms with E-state index in [0.717, 1.165) is 24.2 Å². The largest absolute Gasteiger partial charge is 0.308 e. The van der Waals surface area contributed by atoms with E-state index in [0.29, 0.717) is 16.6 Å². The molecular formula is C14H13ClN2O. The lowest BCUT2D eigenvalue weighted by Crippen LogP contribution is -2.33. The highest BCUT2D eigenvalue weighted by atomic mass is 35.5. The number of benzene rings is 1. The molecule has 2 aliphatic rings. The third kappa shape index (κ3) is 2.18. The predicted molar refractivity (Wildman–Crippen MR) is 72.3 cm³/mol. The van der Waals surface area contributed by atoms with E-state index in [1.807, 2.05) is 12.1 Å². The lowest BCUT2D eigenvalue weighted by Gasteiger charge is -2.24. The summed E-state index contributed by atoms with van der Waals surface area (Å²) in [6.07, 6.45) is 5.29. The van der Waals surface area contributed by atoms with Gasteiger partial charge in [0.1, 0.15) is 11.5 Å². The Labute approximate surface area is 111 Å². The second-order valence-electron chi connectivity index (χ2n) is 4.66. The Kier molecular flexibility index (Phi) is 2.92. The molecule has 3 rings (SSSR count). The van der Waals surface area contributed by atoms with Crippen LogP contribution >= 0.6 is 11.6 Å². The zero-order valence-corrected chi connectivity index (χ0v) is 10.6. The molecule has 18 heavy (non-hydrogen) atoms. The molecule has 4 heteroatoms. The first-order valence-corrected chi connectivity index (χ1v) is 6.47. The van der Waals surface area contributed by atoms with Gasteiger partial charge in [-0.15, -0.1) is 0 Å². The van der Waals surface area contributed by atoms with Gasteiger partial charge >= 0.3 is 0 Å². The number of rotatable bonds is 2. The summed E-state index contributed by atoms with van der Waals surface area (Å²) in [5.74, 6) is 1.18. The van der Waals surface area contributed by atoms with Gasteiger partial charge in [-0.25, -0.2) is 4.99 Å². The molecular weight excluding hydrogens is 248 g/mol. The van der Waals surface area contributed by atoms with Gasteiger partial charge in [-0.05, 0) is 36.6 Å². The van der Waals surface area contributed by atoms with Crippen LogP contribution in [-0.2, 0) is 4.79 Å². The standard InChI is InChI=1S/C14H13ClN2O/c15-11-6-4-9(5-7-11)8-12-14(18)17-13(16-12)10-2-1-3-10/h4-8,10H,1-3H2,(H,16,17,18)/b12-8+. The minimum Gasteiger partial charge on any atom is -0.308 e. The van der Waals surface area contributed by atoms with E-state index >= 15 is 0 Å². The highest BCUT2D eigenvalue weighted by molar-refractivity contribution is 6.30. The second kappa shape index (κ2) is 4.58. The van der Waals surface area contributed by atoms with Crippen molar-refractivity contribution in [2.24, 2.45) is 10.9 Å². The SMILES string of the molecule is O=C1NC(C2CCC2)=N/C1=C/c1ccc(Cl)cc1. The van der Waals surface area contributed by atoms with Gasteiger partial charge in [0.15, 0.2) is 0 Å². The molecule has 1 heterocycles. The number of hydrogen-bond acceptors (Lipinski definition) is 2. The second-order valence-corrected chi connectivity index (χ2v) is 5.10. The Balaban J connectivity index is 1.84. The third-order valence-electron chi connectivity index (χ3n) is 3.38. The fourth-order valence-electron chi connectivity index (χ4n) is 2.08. The molecule has 1 N–H and O–H groups in total. The Morgan fingerprint density at radius 2 is 2.00 bits per heavy atom. The van der Waals surface area contributed by atoms with Crippen LogP contribution in [0.3, 0.4) is 0 Å². The molecule has 1 fully saturated rings. The van der Waals surface area contributed by atoms with Gasteiger partial charge in [-0.3, -0.25) is 4.79 Å². The number of amidine groups is 1. The van der Waals surface area contributed by atoms with Crippen molar-refractivity contribution in [1.29, 1.82) is 0 Å². The summed E-state index contributed by atoms with van der Waals surface area (Å²) in [7, 11) is 0. The van der Waals surface area contributed by atoms with Crippen LogP contribution in [0.5, 0.6) is 0 Å². The topological polar surface area (TPSA) is 41.5 Å². The van der Waals surface area contributed by atoms with Crippen LogP contribution in [0, 0.1) is 5.92 Å². The summed E-state index contributed by atoms with van der Waals surface area (Å²) < 4.78 is 0. The van der Waals surface area contributed by atoms with Crippen molar-refractivity contribution in [3.05, 3.63) is 40.5 Å². The lowest BCUT2D eigenvalue weighted by atomic mass is 9.84. The summed E-state index contributed by atoms with van der Waals surface area (Å²) >= 11 is 5.82. The van der Waals surface area contributed by atoms with E-state index < -0.39 is 0 Å². The average Bonchev–Trinajstić information content (AvgIpc) is 2.61. The number of carbonyl (C=O) groups excluding carboxylic acids is 1. The summed E-state index contributed by atoms with van der Waals surface area (Å²) in [5, 5.41) is 3.54. The maximum absolute atomic E-state index is 11.8. The third-order valence-corrected chi connectivity index (χ3v) is 3.63. The van der Waals surface area contributed by atoms with E-state index in [1.165, 1.54) is 6.42 Å². The normalized spacial score (nSPS) is 21.7. The smallest absolute Gasteiger partial charge is 0.275 e. The van der Waals surface area contributed by atoms with Crippen LogP contribution in [0.15, 0.2) is 35.0 Å². The highest BCUT2D eigenvalue weighted by Gasteiger charge is 2.30. The summed E-state index contributed by atoms with van der Waals surface area (Å²) in [5.41, 5.74) is 1.42. The highest BCUT2D eigenvalue weighted by Crippen LogP contribution is 2.29. The van der Waals surface area contributed by atoms with E-state index in [2.05, 4.69) is 10.3 Å². The molecule has 92 valence electrons. The van der Waals surface area contributed by atoms with Gasteiger partial charge < -0.3 is 5.32 Å². The quantitative estimate of drug-likeness (QED) is 0.816. The zero-order valence-electron chi connectivity index (χ0n) is 9.82. The number of nitrogens with one attached hydrogen (secondary N) is 1. The van der Waals surface area contributed by atoms with Gasteiger partial charge in [-0.1, -0.05) is 30.2 Å². The molecule has 1 amide bonds. The van der Waals surface area contributed by atoms with Crippen molar-refractivity contribution in [1.82, 2.24) is 5.32 Å². The Morgan fingerprint density at radius 1 is 1.28 bits per heavy atom. The van der Waals surface area contributed by atoms with E-state index in [9.17, 15) is 4.79 Å². The average molecular weight is 261 g/mol. The molecule has 1 aromatic carbocycles. The van der Waals surface area contributed by atoms with Crippen molar-refractivity contribution >= 4 is 29.4 Å². The van der Waals surface area contributed by atoms with Crippen molar-refractivity contribution in [3.8, 4) is 0 Å². The van der Waals surface area contributed by atoms with Crippen LogP contribution in [0.25, 0.3) is 6.08 Å². The van der Waals surface area contributed by atoms with Crippen molar-refractivity contribution in [2.75, 3.05) is 0 Å². The van der Waals surface area contributed by atoms with Crippen molar-refractivity contribution in [2.45, 2.75) is 19.3 Å². The molecule has 0 atom stereocenters. The monoisotopic (exact) mass is 260 g/mol. The van der Waals surface area contributed by atoms with Crippen LogP contribution in [-0.4, -0.2) is 11.7 Å². The molecule has 1 saturated carbocycles. The van der Waals surface area contributed by atoms with Crippen LogP contribution in [0.1, 0.15) is 24.8 Å². The molecule has 0 unspecified atom stereocenters. The number of halogens is 1. The molecule has 0 saturated heterocycles. The van der Waals surface area contributed by atoms with E-state index in [4.69, 9.17) is 11.6 Å². The summed E-state index contributed by atoms with van der Waals surface area (Å²) in [6.45, 7) is 0. The number of aliphatic imine (C=N–C) groups is 1. The van der Waals surface area contributed by atoms with Gasteiger partial charge in [0.25, 0.3) is 5.91 Å². The van der Waals surface area contributed by atoms with Crippen LogP contribution < -0.4 is 5.32 Å². The first-order valence-electron chi connectivity index (χ1n) is 6.09. The molecule has 0 aromatic heterocycles. The zero-order chi connectivity index (χ0) is 12.5. The minimum absolute atomic E-state index is 0.105. The van der Waals surface area contributed by atoms with Crippen molar-refractivity contribution < 1.29 is 4.79 Å². The van der Waals surface area contributed by atoms with E-state index in [1.54, 1.807) is 18.2 Å². The van der Waals surface area contributed by atoms with Gasteiger partial charge in [0.2, 0.25) is 0 Å². The first kappa shape index (κ1) is 11.5. The van der Waals surface area contributed by atoms with E-state index in [-0.39, 0.29) is 5.91 Å². The predicted octanol–water partition coefficient (Wildman–Crippen LogP) is 3.01. The van der Waals surface area contributed by atoms with Gasteiger partial charge in [0, 0.05) is 10.9 Å². The van der Waals surface area contributed by atoms with Gasteiger partial charge in [0.05, 0.1) is 0 Å². The number of carbonyl (C=O) groups is 1. The molecule has 1 aliphatic heterocycles.